The van der Waals surface area contributed by atoms with Gasteiger partial charge in [-0.3, -0.25) is 4.79 Å². The normalized spacial score (nSPS) is 11.3. The van der Waals surface area contributed by atoms with Crippen molar-refractivity contribution in [2.45, 2.75) is 25.2 Å². The molecule has 0 atom stereocenters. The van der Waals surface area contributed by atoms with E-state index in [1.807, 2.05) is 19.1 Å². The third-order valence-corrected chi connectivity index (χ3v) is 4.63. The molecule has 0 saturated carbocycles. The fraction of sp³-hybridized carbons (Fsp3) is 0.462. The third-order valence-electron chi connectivity index (χ3n) is 2.92. The predicted octanol–water partition coefficient (Wildman–Crippen LogP) is 1.50. The van der Waals surface area contributed by atoms with E-state index >= 15 is 0 Å². The molecule has 0 heterocycles. The van der Waals surface area contributed by atoms with Gasteiger partial charge < -0.3 is 4.90 Å². The topological polar surface area (TPSA) is 54.5 Å². The molecule has 0 spiro atoms. The maximum absolute atomic E-state index is 12.0. The van der Waals surface area contributed by atoms with E-state index in [4.69, 9.17) is 0 Å². The molecule has 1 aromatic carbocycles. The third kappa shape index (κ3) is 3.84. The van der Waals surface area contributed by atoms with Crippen molar-refractivity contribution in [2.75, 3.05) is 19.3 Å². The van der Waals surface area contributed by atoms with E-state index in [1.165, 1.54) is 11.8 Å². The van der Waals surface area contributed by atoms with Crippen LogP contribution in [0.5, 0.6) is 0 Å². The van der Waals surface area contributed by atoms with Crippen LogP contribution in [0.3, 0.4) is 0 Å². The Morgan fingerprint density at radius 2 is 1.78 bits per heavy atom. The Hall–Kier alpha value is -1.36. The van der Waals surface area contributed by atoms with E-state index in [1.54, 1.807) is 19.2 Å². The first-order valence-corrected chi connectivity index (χ1v) is 7.55. The summed E-state index contributed by atoms with van der Waals surface area (Å²) in [5.41, 5.74) is 1.11. The SMILES string of the molecule is CCc1ccc(S(=O)(=O)CCN(C)C(C)=O)cc1. The number of rotatable bonds is 5. The Bertz CT molecular complexity index is 506. The first kappa shape index (κ1) is 14.7. The first-order valence-electron chi connectivity index (χ1n) is 5.90. The molecule has 0 unspecified atom stereocenters. The average Bonchev–Trinajstić information content (AvgIpc) is 2.36. The van der Waals surface area contributed by atoms with Crippen LogP contribution in [0, 0.1) is 0 Å². The molecule has 0 aromatic heterocycles. The van der Waals surface area contributed by atoms with Gasteiger partial charge in [-0.15, -0.1) is 0 Å². The number of carbonyl (C=O) groups excluding carboxylic acids is 1. The fourth-order valence-corrected chi connectivity index (χ4v) is 2.77. The van der Waals surface area contributed by atoms with E-state index in [0.717, 1.165) is 12.0 Å². The molecular weight excluding hydrogens is 250 g/mol. The van der Waals surface area contributed by atoms with Gasteiger partial charge in [0.15, 0.2) is 9.84 Å². The van der Waals surface area contributed by atoms with Crippen molar-refractivity contribution >= 4 is 15.7 Å². The standard InChI is InChI=1S/C13H19NO3S/c1-4-12-5-7-13(8-6-12)18(16,17)10-9-14(3)11(2)15/h5-8H,4,9-10H2,1-3H3. The van der Waals surface area contributed by atoms with Gasteiger partial charge in [-0.2, -0.15) is 0 Å². The molecule has 0 aliphatic carbocycles. The number of carbonyl (C=O) groups is 1. The van der Waals surface area contributed by atoms with Gasteiger partial charge in [-0.1, -0.05) is 19.1 Å². The molecule has 0 bridgehead atoms. The second-order valence-corrected chi connectivity index (χ2v) is 6.37. The highest BCUT2D eigenvalue weighted by Gasteiger charge is 2.15. The van der Waals surface area contributed by atoms with Crippen LogP contribution >= 0.6 is 0 Å². The molecule has 0 fully saturated rings. The lowest BCUT2D eigenvalue weighted by Gasteiger charge is -2.14. The lowest BCUT2D eigenvalue weighted by molar-refractivity contribution is -0.127. The highest BCUT2D eigenvalue weighted by Crippen LogP contribution is 2.13. The summed E-state index contributed by atoms with van der Waals surface area (Å²) in [6.07, 6.45) is 0.882. The van der Waals surface area contributed by atoms with Gasteiger partial charge in [0.2, 0.25) is 5.91 Å². The molecule has 0 saturated heterocycles. The summed E-state index contributed by atoms with van der Waals surface area (Å²) >= 11 is 0. The molecule has 5 heteroatoms. The van der Waals surface area contributed by atoms with Gasteiger partial charge in [0, 0.05) is 20.5 Å². The maximum atomic E-state index is 12.0. The molecule has 0 aliphatic rings. The van der Waals surface area contributed by atoms with Gasteiger partial charge in [0.1, 0.15) is 0 Å². The summed E-state index contributed by atoms with van der Waals surface area (Å²) in [7, 11) is -1.71. The monoisotopic (exact) mass is 269 g/mol. The Morgan fingerprint density at radius 1 is 1.22 bits per heavy atom. The number of amides is 1. The number of hydrogen-bond donors (Lipinski definition) is 0. The number of nitrogens with zero attached hydrogens (tertiary/aromatic N) is 1. The van der Waals surface area contributed by atoms with Crippen molar-refractivity contribution in [2.24, 2.45) is 0 Å². The Kier molecular flexibility index (Phi) is 4.90. The summed E-state index contributed by atoms with van der Waals surface area (Å²) in [5, 5.41) is 0. The van der Waals surface area contributed by atoms with E-state index in [-0.39, 0.29) is 18.2 Å². The smallest absolute Gasteiger partial charge is 0.219 e. The van der Waals surface area contributed by atoms with Crippen LogP contribution in [0.2, 0.25) is 0 Å². The minimum absolute atomic E-state index is 0.0471. The Balaban J connectivity index is 2.76. The minimum Gasteiger partial charge on any atom is -0.345 e. The quantitative estimate of drug-likeness (QED) is 0.814. The van der Waals surface area contributed by atoms with E-state index in [2.05, 4.69) is 0 Å². The molecule has 18 heavy (non-hydrogen) atoms. The van der Waals surface area contributed by atoms with Crippen molar-refractivity contribution < 1.29 is 13.2 Å². The van der Waals surface area contributed by atoms with E-state index < -0.39 is 9.84 Å². The zero-order chi connectivity index (χ0) is 13.8. The number of aryl methyl sites for hydroxylation is 1. The maximum Gasteiger partial charge on any atom is 0.219 e. The zero-order valence-electron chi connectivity index (χ0n) is 11.0. The molecule has 0 aliphatic heterocycles. The lowest BCUT2D eigenvalue weighted by atomic mass is 10.2. The molecule has 4 nitrogen and oxygen atoms in total. The fourth-order valence-electron chi connectivity index (χ4n) is 1.46. The van der Waals surface area contributed by atoms with Gasteiger partial charge >= 0.3 is 0 Å². The Labute approximate surface area is 109 Å². The van der Waals surface area contributed by atoms with Gasteiger partial charge in [-0.25, -0.2) is 8.42 Å². The summed E-state index contributed by atoms with van der Waals surface area (Å²) in [6, 6.07) is 6.90. The highest BCUT2D eigenvalue weighted by atomic mass is 32.2. The molecule has 1 rings (SSSR count). The van der Waals surface area contributed by atoms with Crippen molar-refractivity contribution in [3.63, 3.8) is 0 Å². The van der Waals surface area contributed by atoms with Gasteiger partial charge in [0.05, 0.1) is 10.6 Å². The average molecular weight is 269 g/mol. The van der Waals surface area contributed by atoms with Crippen LogP contribution in [0.1, 0.15) is 19.4 Å². The molecule has 1 aromatic rings. The van der Waals surface area contributed by atoms with Gasteiger partial charge in [-0.05, 0) is 24.1 Å². The van der Waals surface area contributed by atoms with Crippen LogP contribution in [0.15, 0.2) is 29.2 Å². The molecule has 1 amide bonds. The van der Waals surface area contributed by atoms with Crippen LogP contribution in [-0.2, 0) is 21.1 Å². The van der Waals surface area contributed by atoms with Crippen LogP contribution in [0.4, 0.5) is 0 Å². The molecule has 0 N–H and O–H groups in total. The minimum atomic E-state index is -3.31. The van der Waals surface area contributed by atoms with Crippen molar-refractivity contribution in [1.29, 1.82) is 0 Å². The summed E-state index contributed by atoms with van der Waals surface area (Å²) < 4.78 is 24.0. The van der Waals surface area contributed by atoms with Crippen molar-refractivity contribution in [1.82, 2.24) is 4.90 Å². The first-order chi connectivity index (χ1) is 8.36. The lowest BCUT2D eigenvalue weighted by Crippen LogP contribution is -2.29. The number of benzene rings is 1. The summed E-state index contributed by atoms with van der Waals surface area (Å²) in [5.74, 6) is -0.180. The Morgan fingerprint density at radius 3 is 2.22 bits per heavy atom. The molecule has 0 radical (unpaired) electrons. The van der Waals surface area contributed by atoms with Crippen molar-refractivity contribution in [3.05, 3.63) is 29.8 Å². The van der Waals surface area contributed by atoms with Crippen LogP contribution in [-0.4, -0.2) is 38.6 Å². The van der Waals surface area contributed by atoms with Crippen LogP contribution < -0.4 is 0 Å². The van der Waals surface area contributed by atoms with E-state index in [0.29, 0.717) is 4.90 Å². The zero-order valence-corrected chi connectivity index (χ0v) is 11.8. The van der Waals surface area contributed by atoms with E-state index in [9.17, 15) is 13.2 Å². The molecular formula is C13H19NO3S. The highest BCUT2D eigenvalue weighted by molar-refractivity contribution is 7.91. The second-order valence-electron chi connectivity index (χ2n) is 4.26. The second kappa shape index (κ2) is 6.00. The molecule has 100 valence electrons. The number of sulfone groups is 1. The van der Waals surface area contributed by atoms with Crippen LogP contribution in [0.25, 0.3) is 0 Å². The summed E-state index contributed by atoms with van der Waals surface area (Å²) in [6.45, 7) is 3.65. The van der Waals surface area contributed by atoms with Gasteiger partial charge in [0.25, 0.3) is 0 Å². The summed E-state index contributed by atoms with van der Waals surface area (Å²) in [4.78, 5) is 12.7. The number of hydrogen-bond acceptors (Lipinski definition) is 3. The largest absolute Gasteiger partial charge is 0.345 e. The predicted molar refractivity (Wildman–Crippen MR) is 71.2 cm³/mol. The van der Waals surface area contributed by atoms with Crippen molar-refractivity contribution in [3.8, 4) is 0 Å².